The van der Waals surface area contributed by atoms with E-state index in [1.807, 2.05) is 42.5 Å². The fraction of sp³-hybridized carbons (Fsp3) is 0.125. The van der Waals surface area contributed by atoms with Crippen molar-refractivity contribution in [1.82, 2.24) is 0 Å². The maximum absolute atomic E-state index is 5.74. The molecule has 18 heavy (non-hydrogen) atoms. The van der Waals surface area contributed by atoms with Crippen LogP contribution in [0.15, 0.2) is 59.2 Å². The maximum atomic E-state index is 5.74. The van der Waals surface area contributed by atoms with Crippen LogP contribution in [0.1, 0.15) is 11.1 Å². The van der Waals surface area contributed by atoms with Gasteiger partial charge in [0.25, 0.3) is 0 Å². The average Bonchev–Trinajstić information content (AvgIpc) is 2.80. The Morgan fingerprint density at radius 2 is 1.89 bits per heavy atom. The monoisotopic (exact) mass is 238 g/mol. The molecule has 90 valence electrons. The summed E-state index contributed by atoms with van der Waals surface area (Å²) in [7, 11) is 0. The average molecular weight is 238 g/mol. The number of ether oxygens (including phenoxy) is 1. The SMILES string of the molecule is Cc1ccc2occ(COc3ccccc3)c2c1. The normalized spacial score (nSPS) is 10.7. The van der Waals surface area contributed by atoms with Crippen molar-refractivity contribution in [1.29, 1.82) is 0 Å². The lowest BCUT2D eigenvalue weighted by Gasteiger charge is -2.04. The fourth-order valence-electron chi connectivity index (χ4n) is 1.99. The molecule has 0 spiro atoms. The predicted octanol–water partition coefficient (Wildman–Crippen LogP) is 4.32. The Labute approximate surface area is 106 Å². The van der Waals surface area contributed by atoms with E-state index in [1.165, 1.54) is 5.56 Å². The van der Waals surface area contributed by atoms with Crippen molar-refractivity contribution >= 4 is 11.0 Å². The first-order chi connectivity index (χ1) is 8.83. The van der Waals surface area contributed by atoms with Gasteiger partial charge in [0, 0.05) is 10.9 Å². The molecule has 0 N–H and O–H groups in total. The Morgan fingerprint density at radius 3 is 2.72 bits per heavy atom. The second kappa shape index (κ2) is 4.57. The van der Waals surface area contributed by atoms with Crippen LogP contribution in [0.4, 0.5) is 0 Å². The summed E-state index contributed by atoms with van der Waals surface area (Å²) in [6, 6.07) is 16.0. The predicted molar refractivity (Wildman–Crippen MR) is 71.7 cm³/mol. The molecule has 3 aromatic rings. The van der Waals surface area contributed by atoms with Crippen LogP contribution in [-0.2, 0) is 6.61 Å². The molecule has 0 amide bonds. The third-order valence-corrected chi connectivity index (χ3v) is 2.95. The van der Waals surface area contributed by atoms with Gasteiger partial charge in [0.15, 0.2) is 0 Å². The van der Waals surface area contributed by atoms with E-state index in [1.54, 1.807) is 6.26 Å². The lowest BCUT2D eigenvalue weighted by Crippen LogP contribution is -1.93. The molecule has 3 rings (SSSR count). The van der Waals surface area contributed by atoms with Crippen LogP contribution in [0.25, 0.3) is 11.0 Å². The summed E-state index contributed by atoms with van der Waals surface area (Å²) in [6.45, 7) is 2.61. The van der Waals surface area contributed by atoms with Crippen LogP contribution in [0.3, 0.4) is 0 Å². The molecule has 1 heterocycles. The Kier molecular flexibility index (Phi) is 2.77. The van der Waals surface area contributed by atoms with E-state index in [4.69, 9.17) is 9.15 Å². The van der Waals surface area contributed by atoms with Gasteiger partial charge in [-0.15, -0.1) is 0 Å². The molecule has 0 aliphatic rings. The van der Waals surface area contributed by atoms with Crippen molar-refractivity contribution < 1.29 is 9.15 Å². The minimum absolute atomic E-state index is 0.528. The molecule has 2 nitrogen and oxygen atoms in total. The molecule has 0 aliphatic heterocycles. The van der Waals surface area contributed by atoms with Gasteiger partial charge in [-0.05, 0) is 31.2 Å². The van der Waals surface area contributed by atoms with Crippen LogP contribution in [0, 0.1) is 6.92 Å². The third-order valence-electron chi connectivity index (χ3n) is 2.95. The quantitative estimate of drug-likeness (QED) is 0.678. The molecule has 0 unspecified atom stereocenters. The highest BCUT2D eigenvalue weighted by atomic mass is 16.5. The Bertz CT molecular complexity index is 653. The number of benzene rings is 2. The number of para-hydroxylation sites is 1. The fourth-order valence-corrected chi connectivity index (χ4v) is 1.99. The van der Waals surface area contributed by atoms with Crippen LogP contribution >= 0.6 is 0 Å². The first-order valence-electron chi connectivity index (χ1n) is 5.97. The zero-order valence-electron chi connectivity index (χ0n) is 10.2. The zero-order chi connectivity index (χ0) is 12.4. The highest BCUT2D eigenvalue weighted by molar-refractivity contribution is 5.81. The van der Waals surface area contributed by atoms with Gasteiger partial charge in [0.05, 0.1) is 6.26 Å². The topological polar surface area (TPSA) is 22.4 Å². The van der Waals surface area contributed by atoms with Gasteiger partial charge in [0.1, 0.15) is 17.9 Å². The second-order valence-electron chi connectivity index (χ2n) is 4.36. The smallest absolute Gasteiger partial charge is 0.134 e. The molecule has 0 saturated carbocycles. The largest absolute Gasteiger partial charge is 0.489 e. The Morgan fingerprint density at radius 1 is 1.06 bits per heavy atom. The van der Waals surface area contributed by atoms with Crippen molar-refractivity contribution in [3.63, 3.8) is 0 Å². The van der Waals surface area contributed by atoms with Crippen LogP contribution in [-0.4, -0.2) is 0 Å². The Balaban J connectivity index is 1.85. The van der Waals surface area contributed by atoms with E-state index < -0.39 is 0 Å². The van der Waals surface area contributed by atoms with Gasteiger partial charge >= 0.3 is 0 Å². The van der Waals surface area contributed by atoms with E-state index in [2.05, 4.69) is 13.0 Å². The highest BCUT2D eigenvalue weighted by Crippen LogP contribution is 2.23. The molecule has 0 atom stereocenters. The first kappa shape index (κ1) is 10.9. The standard InChI is InChI=1S/C16H14O2/c1-12-7-8-16-15(9-12)13(11-18-16)10-17-14-5-3-2-4-6-14/h2-9,11H,10H2,1H3. The lowest BCUT2D eigenvalue weighted by atomic mass is 10.1. The summed E-state index contributed by atoms with van der Waals surface area (Å²) in [6.07, 6.45) is 1.77. The van der Waals surface area contributed by atoms with Crippen molar-refractivity contribution in [2.75, 3.05) is 0 Å². The van der Waals surface area contributed by atoms with Gasteiger partial charge in [0.2, 0.25) is 0 Å². The number of hydrogen-bond acceptors (Lipinski definition) is 2. The van der Waals surface area contributed by atoms with E-state index >= 15 is 0 Å². The minimum Gasteiger partial charge on any atom is -0.489 e. The van der Waals surface area contributed by atoms with Crippen molar-refractivity contribution in [2.24, 2.45) is 0 Å². The molecule has 0 fully saturated rings. The van der Waals surface area contributed by atoms with Gasteiger partial charge in [-0.3, -0.25) is 0 Å². The van der Waals surface area contributed by atoms with E-state index in [0.717, 1.165) is 22.3 Å². The zero-order valence-corrected chi connectivity index (χ0v) is 10.2. The second-order valence-corrected chi connectivity index (χ2v) is 4.36. The van der Waals surface area contributed by atoms with Crippen LogP contribution < -0.4 is 4.74 Å². The number of fused-ring (bicyclic) bond motifs is 1. The molecule has 0 aliphatic carbocycles. The van der Waals surface area contributed by atoms with Gasteiger partial charge < -0.3 is 9.15 Å². The van der Waals surface area contributed by atoms with Gasteiger partial charge in [-0.1, -0.05) is 29.8 Å². The third kappa shape index (κ3) is 2.09. The van der Waals surface area contributed by atoms with Crippen molar-refractivity contribution in [3.8, 4) is 5.75 Å². The number of furan rings is 1. The van der Waals surface area contributed by atoms with Gasteiger partial charge in [-0.2, -0.15) is 0 Å². The summed E-state index contributed by atoms with van der Waals surface area (Å²) >= 11 is 0. The first-order valence-corrected chi connectivity index (χ1v) is 5.97. The summed E-state index contributed by atoms with van der Waals surface area (Å²) in [5.74, 6) is 0.875. The highest BCUT2D eigenvalue weighted by Gasteiger charge is 2.06. The summed E-state index contributed by atoms with van der Waals surface area (Å²) in [5, 5.41) is 1.13. The number of aryl methyl sites for hydroxylation is 1. The van der Waals surface area contributed by atoms with Crippen molar-refractivity contribution in [3.05, 3.63) is 65.9 Å². The van der Waals surface area contributed by atoms with Crippen molar-refractivity contribution in [2.45, 2.75) is 13.5 Å². The van der Waals surface area contributed by atoms with Crippen LogP contribution in [0.2, 0.25) is 0 Å². The summed E-state index contributed by atoms with van der Waals surface area (Å²) in [4.78, 5) is 0. The molecule has 0 bridgehead atoms. The van der Waals surface area contributed by atoms with E-state index in [0.29, 0.717) is 6.61 Å². The van der Waals surface area contributed by atoms with Crippen LogP contribution in [0.5, 0.6) is 5.75 Å². The molecule has 0 radical (unpaired) electrons. The molecular weight excluding hydrogens is 224 g/mol. The lowest BCUT2D eigenvalue weighted by molar-refractivity contribution is 0.306. The van der Waals surface area contributed by atoms with Gasteiger partial charge in [-0.25, -0.2) is 0 Å². The molecule has 1 aromatic heterocycles. The molecule has 2 aromatic carbocycles. The minimum atomic E-state index is 0.528. The molecular formula is C16H14O2. The molecule has 0 saturated heterocycles. The summed E-state index contributed by atoms with van der Waals surface area (Å²) in [5.41, 5.74) is 3.22. The maximum Gasteiger partial charge on any atom is 0.134 e. The Hall–Kier alpha value is -2.22. The molecule has 2 heteroatoms. The number of hydrogen-bond donors (Lipinski definition) is 0. The summed E-state index contributed by atoms with van der Waals surface area (Å²) < 4.78 is 11.3. The van der Waals surface area contributed by atoms with E-state index in [-0.39, 0.29) is 0 Å². The number of rotatable bonds is 3. The van der Waals surface area contributed by atoms with E-state index in [9.17, 15) is 0 Å².